The van der Waals surface area contributed by atoms with Crippen LogP contribution in [0.1, 0.15) is 0 Å². The standard InChI is InChI=1S/C13H10BrF3N4/c1-20-5-8(3-19-20)10-6-21(7-13(15,16)17)11-4-18-12(14)2-9(10)11/h2-6H,7H2,1H3. The Morgan fingerprint density at radius 1 is 1.24 bits per heavy atom. The molecule has 21 heavy (non-hydrogen) atoms. The van der Waals surface area contributed by atoms with Gasteiger partial charge in [0.1, 0.15) is 11.1 Å². The summed E-state index contributed by atoms with van der Waals surface area (Å²) in [6.45, 7) is -1.05. The van der Waals surface area contributed by atoms with Crippen molar-refractivity contribution in [2.24, 2.45) is 7.05 Å². The molecule has 0 amide bonds. The molecule has 0 radical (unpaired) electrons. The number of pyridine rings is 1. The van der Waals surface area contributed by atoms with Crippen LogP contribution in [0.3, 0.4) is 0 Å². The zero-order valence-electron chi connectivity index (χ0n) is 10.9. The van der Waals surface area contributed by atoms with Gasteiger partial charge >= 0.3 is 6.18 Å². The molecule has 3 aromatic rings. The Morgan fingerprint density at radius 2 is 2.00 bits per heavy atom. The van der Waals surface area contributed by atoms with Gasteiger partial charge in [-0.05, 0) is 22.0 Å². The second kappa shape index (κ2) is 4.87. The number of aromatic nitrogens is 4. The Bertz CT molecular complexity index is 803. The molecule has 3 aromatic heterocycles. The quantitative estimate of drug-likeness (QED) is 0.654. The van der Waals surface area contributed by atoms with Gasteiger partial charge in [-0.3, -0.25) is 4.68 Å². The molecule has 3 rings (SSSR count). The Kier molecular flexibility index (Phi) is 3.27. The van der Waals surface area contributed by atoms with Crippen LogP contribution in [0.5, 0.6) is 0 Å². The summed E-state index contributed by atoms with van der Waals surface area (Å²) >= 11 is 3.25. The summed E-state index contributed by atoms with van der Waals surface area (Å²) < 4.78 is 41.4. The number of nitrogens with zero attached hydrogens (tertiary/aromatic N) is 4. The number of hydrogen-bond donors (Lipinski definition) is 0. The number of alkyl halides is 3. The van der Waals surface area contributed by atoms with Gasteiger partial charge in [0.15, 0.2) is 0 Å². The maximum Gasteiger partial charge on any atom is 0.406 e. The lowest BCUT2D eigenvalue weighted by Gasteiger charge is -2.08. The fraction of sp³-hybridized carbons (Fsp3) is 0.231. The minimum Gasteiger partial charge on any atom is -0.336 e. The summed E-state index contributed by atoms with van der Waals surface area (Å²) in [5, 5.41) is 4.77. The fourth-order valence-electron chi connectivity index (χ4n) is 2.28. The van der Waals surface area contributed by atoms with Gasteiger partial charge in [0, 0.05) is 36.0 Å². The fourth-order valence-corrected chi connectivity index (χ4v) is 2.61. The lowest BCUT2D eigenvalue weighted by atomic mass is 10.1. The first-order valence-electron chi connectivity index (χ1n) is 6.03. The predicted molar refractivity (Wildman–Crippen MR) is 75.7 cm³/mol. The van der Waals surface area contributed by atoms with Crippen LogP contribution in [0.4, 0.5) is 13.2 Å². The minimum absolute atomic E-state index is 0.439. The first-order chi connectivity index (χ1) is 9.83. The summed E-state index contributed by atoms with van der Waals surface area (Å²) in [4.78, 5) is 4.02. The molecule has 4 nitrogen and oxygen atoms in total. The van der Waals surface area contributed by atoms with Crippen LogP contribution < -0.4 is 0 Å². The molecule has 0 atom stereocenters. The van der Waals surface area contributed by atoms with Gasteiger partial charge in [-0.15, -0.1) is 0 Å². The zero-order valence-corrected chi connectivity index (χ0v) is 12.5. The number of hydrogen-bond acceptors (Lipinski definition) is 2. The Labute approximate surface area is 126 Å². The third-order valence-electron chi connectivity index (χ3n) is 3.10. The van der Waals surface area contributed by atoms with E-state index in [-0.39, 0.29) is 0 Å². The van der Waals surface area contributed by atoms with E-state index in [9.17, 15) is 13.2 Å². The molecule has 3 heterocycles. The van der Waals surface area contributed by atoms with Crippen LogP contribution in [-0.4, -0.2) is 25.5 Å². The van der Waals surface area contributed by atoms with Gasteiger partial charge in [0.05, 0.1) is 17.9 Å². The average Bonchev–Trinajstić information content (AvgIpc) is 2.92. The summed E-state index contributed by atoms with van der Waals surface area (Å²) in [5.41, 5.74) is 1.90. The Balaban J connectivity index is 2.22. The van der Waals surface area contributed by atoms with E-state index in [0.717, 1.165) is 10.1 Å². The van der Waals surface area contributed by atoms with Crippen molar-refractivity contribution in [3.8, 4) is 11.1 Å². The normalized spacial score (nSPS) is 12.2. The molecule has 0 spiro atoms. The van der Waals surface area contributed by atoms with E-state index < -0.39 is 12.7 Å². The topological polar surface area (TPSA) is 35.6 Å². The van der Waals surface area contributed by atoms with Crippen molar-refractivity contribution in [1.82, 2.24) is 19.3 Å². The van der Waals surface area contributed by atoms with Gasteiger partial charge in [-0.2, -0.15) is 18.3 Å². The first-order valence-corrected chi connectivity index (χ1v) is 6.83. The summed E-state index contributed by atoms with van der Waals surface area (Å²) in [5.74, 6) is 0. The molecule has 0 saturated heterocycles. The SMILES string of the molecule is Cn1cc(-c2cn(CC(F)(F)F)c3cnc(Br)cc23)cn1. The van der Waals surface area contributed by atoms with Crippen LogP contribution in [0.25, 0.3) is 22.0 Å². The molecule has 0 aliphatic heterocycles. The molecular weight excluding hydrogens is 349 g/mol. The monoisotopic (exact) mass is 358 g/mol. The number of rotatable bonds is 2. The Morgan fingerprint density at radius 3 is 2.62 bits per heavy atom. The van der Waals surface area contributed by atoms with Gasteiger partial charge in [0.25, 0.3) is 0 Å². The zero-order chi connectivity index (χ0) is 15.2. The highest BCUT2D eigenvalue weighted by molar-refractivity contribution is 9.10. The van der Waals surface area contributed by atoms with Crippen LogP contribution in [-0.2, 0) is 13.6 Å². The minimum atomic E-state index is -4.29. The van der Waals surface area contributed by atoms with Gasteiger partial charge < -0.3 is 4.57 Å². The van der Waals surface area contributed by atoms with E-state index in [4.69, 9.17) is 0 Å². The van der Waals surface area contributed by atoms with E-state index in [0.29, 0.717) is 21.1 Å². The van der Waals surface area contributed by atoms with Crippen molar-refractivity contribution in [2.75, 3.05) is 0 Å². The highest BCUT2D eigenvalue weighted by Crippen LogP contribution is 2.33. The lowest BCUT2D eigenvalue weighted by molar-refractivity contribution is -0.139. The molecule has 0 aromatic carbocycles. The van der Waals surface area contributed by atoms with E-state index in [1.54, 1.807) is 30.2 Å². The maximum atomic E-state index is 12.7. The van der Waals surface area contributed by atoms with Crippen LogP contribution >= 0.6 is 15.9 Å². The van der Waals surface area contributed by atoms with Gasteiger partial charge in [-0.1, -0.05) is 0 Å². The van der Waals surface area contributed by atoms with Crippen molar-refractivity contribution in [1.29, 1.82) is 0 Å². The summed E-state index contributed by atoms with van der Waals surface area (Å²) in [7, 11) is 1.76. The maximum absolute atomic E-state index is 12.7. The number of fused-ring (bicyclic) bond motifs is 1. The van der Waals surface area contributed by atoms with E-state index in [2.05, 4.69) is 26.0 Å². The lowest BCUT2D eigenvalue weighted by Crippen LogP contribution is -2.16. The smallest absolute Gasteiger partial charge is 0.336 e. The van der Waals surface area contributed by atoms with Crippen LogP contribution in [0.2, 0.25) is 0 Å². The Hall–Kier alpha value is -1.83. The summed E-state index contributed by atoms with van der Waals surface area (Å²) in [6.07, 6.45) is 2.03. The number of halogens is 4. The highest BCUT2D eigenvalue weighted by Gasteiger charge is 2.29. The van der Waals surface area contributed by atoms with E-state index in [1.165, 1.54) is 12.4 Å². The first kappa shape index (κ1) is 14.1. The van der Waals surface area contributed by atoms with Crippen molar-refractivity contribution >= 4 is 26.8 Å². The van der Waals surface area contributed by atoms with Gasteiger partial charge in [-0.25, -0.2) is 4.98 Å². The second-order valence-electron chi connectivity index (χ2n) is 4.71. The van der Waals surface area contributed by atoms with Crippen molar-refractivity contribution in [3.63, 3.8) is 0 Å². The molecule has 0 aliphatic carbocycles. The molecule has 110 valence electrons. The van der Waals surface area contributed by atoms with E-state index >= 15 is 0 Å². The molecule has 0 N–H and O–H groups in total. The molecule has 0 bridgehead atoms. The largest absolute Gasteiger partial charge is 0.406 e. The van der Waals surface area contributed by atoms with Crippen LogP contribution in [0, 0.1) is 0 Å². The molecule has 0 unspecified atom stereocenters. The number of aryl methyl sites for hydroxylation is 1. The molecular formula is C13H10BrF3N4. The van der Waals surface area contributed by atoms with Crippen molar-refractivity contribution in [2.45, 2.75) is 12.7 Å². The molecule has 0 aliphatic rings. The highest BCUT2D eigenvalue weighted by atomic mass is 79.9. The molecule has 0 saturated carbocycles. The summed E-state index contributed by atoms with van der Waals surface area (Å²) in [6, 6.07) is 1.71. The molecule has 8 heteroatoms. The predicted octanol–water partition coefficient (Wildman–Crippen LogP) is 3.76. The van der Waals surface area contributed by atoms with Crippen molar-refractivity contribution in [3.05, 3.63) is 35.5 Å². The van der Waals surface area contributed by atoms with Crippen LogP contribution in [0.15, 0.2) is 35.5 Å². The van der Waals surface area contributed by atoms with E-state index in [1.807, 2.05) is 0 Å². The van der Waals surface area contributed by atoms with Gasteiger partial charge in [0.2, 0.25) is 0 Å². The second-order valence-corrected chi connectivity index (χ2v) is 5.53. The average molecular weight is 359 g/mol. The third-order valence-corrected chi connectivity index (χ3v) is 3.53. The van der Waals surface area contributed by atoms with Crippen molar-refractivity contribution < 1.29 is 13.2 Å². The third kappa shape index (κ3) is 2.80. The molecule has 0 fully saturated rings.